The van der Waals surface area contributed by atoms with Crippen molar-refractivity contribution in [2.24, 2.45) is 5.73 Å². The van der Waals surface area contributed by atoms with E-state index >= 15 is 0 Å². The Balaban J connectivity index is 1.79. The lowest BCUT2D eigenvalue weighted by atomic mass is 10.1. The van der Waals surface area contributed by atoms with Gasteiger partial charge in [0.25, 0.3) is 0 Å². The zero-order chi connectivity index (χ0) is 15.9. The van der Waals surface area contributed by atoms with Crippen molar-refractivity contribution in [3.05, 3.63) is 35.6 Å². The second kappa shape index (κ2) is 7.77. The summed E-state index contributed by atoms with van der Waals surface area (Å²) in [6.45, 7) is 1.02. The van der Waals surface area contributed by atoms with E-state index in [0.29, 0.717) is 32.0 Å². The van der Waals surface area contributed by atoms with Gasteiger partial charge in [0.2, 0.25) is 5.91 Å². The maximum absolute atomic E-state index is 12.9. The largest absolute Gasteiger partial charge is 0.352 e. The lowest BCUT2D eigenvalue weighted by Gasteiger charge is -2.22. The quantitative estimate of drug-likeness (QED) is 0.722. The van der Waals surface area contributed by atoms with Crippen LogP contribution in [0.2, 0.25) is 0 Å². The minimum atomic E-state index is -0.540. The summed E-state index contributed by atoms with van der Waals surface area (Å²) in [4.78, 5) is 24.8. The van der Waals surface area contributed by atoms with Gasteiger partial charge in [-0.3, -0.25) is 4.79 Å². The molecule has 0 bridgehead atoms. The van der Waals surface area contributed by atoms with Crippen LogP contribution in [0.5, 0.6) is 0 Å². The molecule has 1 aromatic rings. The molecule has 0 aromatic heterocycles. The Labute approximate surface area is 129 Å². The van der Waals surface area contributed by atoms with Crippen LogP contribution in [0.25, 0.3) is 0 Å². The molecule has 0 unspecified atom stereocenters. The molecule has 2 rings (SSSR count). The molecular formula is C16H22FN3O2. The number of rotatable bonds is 8. The molecule has 1 fully saturated rings. The lowest BCUT2D eigenvalue weighted by Crippen LogP contribution is -2.33. The van der Waals surface area contributed by atoms with E-state index in [0.717, 1.165) is 24.8 Å². The summed E-state index contributed by atoms with van der Waals surface area (Å²) in [5.41, 5.74) is 5.92. The van der Waals surface area contributed by atoms with Crippen molar-refractivity contribution in [3.63, 3.8) is 0 Å². The molecule has 5 nitrogen and oxygen atoms in total. The predicted octanol–water partition coefficient (Wildman–Crippen LogP) is 2.16. The van der Waals surface area contributed by atoms with Crippen molar-refractivity contribution in [2.45, 2.75) is 44.7 Å². The average molecular weight is 307 g/mol. The van der Waals surface area contributed by atoms with Gasteiger partial charge in [0.1, 0.15) is 5.82 Å². The zero-order valence-electron chi connectivity index (χ0n) is 12.6. The third kappa shape index (κ3) is 5.35. The first-order valence-corrected chi connectivity index (χ1v) is 7.63. The highest BCUT2D eigenvalue weighted by Gasteiger charge is 2.32. The number of carbonyl (C=O) groups excluding carboxylic acids is 2. The topological polar surface area (TPSA) is 75.4 Å². The van der Waals surface area contributed by atoms with Gasteiger partial charge in [0.15, 0.2) is 0 Å². The molecule has 1 aliphatic carbocycles. The Morgan fingerprint density at radius 3 is 2.50 bits per heavy atom. The summed E-state index contributed by atoms with van der Waals surface area (Å²) < 4.78 is 12.9. The van der Waals surface area contributed by atoms with Crippen LogP contribution < -0.4 is 11.1 Å². The molecule has 120 valence electrons. The Hall–Kier alpha value is -2.11. The summed E-state index contributed by atoms with van der Waals surface area (Å²) in [5.74, 6) is -0.152. The first kappa shape index (κ1) is 16.3. The molecule has 1 saturated carbocycles. The number of nitrogens with two attached hydrogens (primary N) is 1. The van der Waals surface area contributed by atoms with Crippen LogP contribution >= 0.6 is 0 Å². The normalized spacial score (nSPS) is 13.7. The monoisotopic (exact) mass is 307 g/mol. The van der Waals surface area contributed by atoms with Crippen molar-refractivity contribution >= 4 is 11.9 Å². The molecule has 0 aliphatic heterocycles. The van der Waals surface area contributed by atoms with Gasteiger partial charge in [-0.05, 0) is 43.4 Å². The molecule has 0 heterocycles. The Bertz CT molecular complexity index is 515. The van der Waals surface area contributed by atoms with Gasteiger partial charge < -0.3 is 16.0 Å². The highest BCUT2D eigenvalue weighted by molar-refractivity contribution is 5.77. The van der Waals surface area contributed by atoms with E-state index in [1.165, 1.54) is 12.1 Å². The molecule has 1 aromatic carbocycles. The van der Waals surface area contributed by atoms with Crippen molar-refractivity contribution < 1.29 is 14.0 Å². The Morgan fingerprint density at radius 1 is 1.23 bits per heavy atom. The molecule has 0 radical (unpaired) electrons. The van der Waals surface area contributed by atoms with E-state index in [-0.39, 0.29) is 11.7 Å². The van der Waals surface area contributed by atoms with Gasteiger partial charge >= 0.3 is 6.03 Å². The smallest absolute Gasteiger partial charge is 0.312 e. The van der Waals surface area contributed by atoms with E-state index < -0.39 is 6.03 Å². The highest BCUT2D eigenvalue weighted by atomic mass is 19.1. The molecule has 1 aliphatic rings. The van der Waals surface area contributed by atoms with Crippen LogP contribution in [0.4, 0.5) is 9.18 Å². The number of hydrogen-bond acceptors (Lipinski definition) is 2. The summed E-state index contributed by atoms with van der Waals surface area (Å²) in [7, 11) is 0. The standard InChI is InChI=1S/C16H22FN3O2/c17-13-6-4-12(5-7-13)11-20(14-8-9-14)15(21)3-1-2-10-19-16(18)22/h4-7,14H,1-3,8-11H2,(H3,18,19,22). The van der Waals surface area contributed by atoms with Crippen LogP contribution in [0.3, 0.4) is 0 Å². The van der Waals surface area contributed by atoms with Gasteiger partial charge in [0.05, 0.1) is 0 Å². The predicted molar refractivity (Wildman–Crippen MR) is 81.4 cm³/mol. The number of nitrogens with one attached hydrogen (secondary N) is 1. The van der Waals surface area contributed by atoms with Crippen molar-refractivity contribution in [1.29, 1.82) is 0 Å². The number of nitrogens with zero attached hydrogens (tertiary/aromatic N) is 1. The fourth-order valence-corrected chi connectivity index (χ4v) is 2.35. The molecule has 0 atom stereocenters. The summed E-state index contributed by atoms with van der Waals surface area (Å²) in [5, 5.41) is 2.51. The summed E-state index contributed by atoms with van der Waals surface area (Å²) >= 11 is 0. The zero-order valence-corrected chi connectivity index (χ0v) is 12.6. The van der Waals surface area contributed by atoms with Gasteiger partial charge in [-0.2, -0.15) is 0 Å². The van der Waals surface area contributed by atoms with E-state index in [1.807, 2.05) is 4.90 Å². The second-order valence-electron chi connectivity index (χ2n) is 5.63. The maximum atomic E-state index is 12.9. The molecule has 0 saturated heterocycles. The molecular weight excluding hydrogens is 285 g/mol. The van der Waals surface area contributed by atoms with Crippen LogP contribution in [0.1, 0.15) is 37.7 Å². The number of halogens is 1. The minimum absolute atomic E-state index is 0.117. The van der Waals surface area contributed by atoms with Crippen molar-refractivity contribution in [1.82, 2.24) is 10.2 Å². The number of hydrogen-bond donors (Lipinski definition) is 2. The summed E-state index contributed by atoms with van der Waals surface area (Å²) in [6.07, 6.45) is 3.97. The molecule has 3 N–H and O–H groups in total. The number of urea groups is 1. The number of primary amides is 1. The van der Waals surface area contributed by atoms with E-state index in [2.05, 4.69) is 5.32 Å². The number of amides is 3. The van der Waals surface area contributed by atoms with Crippen molar-refractivity contribution in [2.75, 3.05) is 6.54 Å². The second-order valence-corrected chi connectivity index (χ2v) is 5.63. The fourth-order valence-electron chi connectivity index (χ4n) is 2.35. The first-order valence-electron chi connectivity index (χ1n) is 7.63. The number of benzene rings is 1. The Morgan fingerprint density at radius 2 is 1.91 bits per heavy atom. The Kier molecular flexibility index (Phi) is 5.75. The van der Waals surface area contributed by atoms with Gasteiger partial charge in [-0.15, -0.1) is 0 Å². The van der Waals surface area contributed by atoms with Gasteiger partial charge in [0, 0.05) is 25.6 Å². The van der Waals surface area contributed by atoms with E-state index in [1.54, 1.807) is 12.1 Å². The van der Waals surface area contributed by atoms with E-state index in [4.69, 9.17) is 5.73 Å². The van der Waals surface area contributed by atoms with Crippen LogP contribution in [-0.2, 0) is 11.3 Å². The maximum Gasteiger partial charge on any atom is 0.312 e. The van der Waals surface area contributed by atoms with Gasteiger partial charge in [-0.1, -0.05) is 12.1 Å². The SMILES string of the molecule is NC(=O)NCCCCC(=O)N(Cc1ccc(F)cc1)C1CC1. The number of unbranched alkanes of at least 4 members (excludes halogenated alkanes) is 1. The number of carbonyl (C=O) groups is 2. The molecule has 6 heteroatoms. The third-order valence-corrected chi connectivity index (χ3v) is 3.69. The molecule has 3 amide bonds. The fraction of sp³-hybridized carbons (Fsp3) is 0.500. The first-order chi connectivity index (χ1) is 10.6. The highest BCUT2D eigenvalue weighted by Crippen LogP contribution is 2.29. The van der Waals surface area contributed by atoms with Gasteiger partial charge in [-0.25, -0.2) is 9.18 Å². The molecule has 0 spiro atoms. The minimum Gasteiger partial charge on any atom is -0.352 e. The lowest BCUT2D eigenvalue weighted by molar-refractivity contribution is -0.132. The van der Waals surface area contributed by atoms with Crippen LogP contribution in [0.15, 0.2) is 24.3 Å². The third-order valence-electron chi connectivity index (χ3n) is 3.69. The van der Waals surface area contributed by atoms with Crippen molar-refractivity contribution in [3.8, 4) is 0 Å². The average Bonchev–Trinajstić information content (AvgIpc) is 3.30. The molecule has 22 heavy (non-hydrogen) atoms. The van der Waals surface area contributed by atoms with Crippen LogP contribution in [-0.4, -0.2) is 29.4 Å². The van der Waals surface area contributed by atoms with Crippen LogP contribution in [0, 0.1) is 5.82 Å². The van der Waals surface area contributed by atoms with E-state index in [9.17, 15) is 14.0 Å². The summed E-state index contributed by atoms with van der Waals surface area (Å²) in [6, 6.07) is 6.05.